The van der Waals surface area contributed by atoms with E-state index in [0.29, 0.717) is 5.82 Å². The fourth-order valence-electron chi connectivity index (χ4n) is 2.57. The zero-order valence-corrected chi connectivity index (χ0v) is 16.0. The predicted molar refractivity (Wildman–Crippen MR) is 107 cm³/mol. The number of nitrogens with one attached hydrogen (secondary N) is 2. The second-order valence-corrected chi connectivity index (χ2v) is 7.17. The van der Waals surface area contributed by atoms with Gasteiger partial charge in [-0.05, 0) is 38.1 Å². The number of aryl methyl sites for hydroxylation is 1. The van der Waals surface area contributed by atoms with Gasteiger partial charge in [0.2, 0.25) is 11.8 Å². The van der Waals surface area contributed by atoms with Gasteiger partial charge in [-0.15, -0.1) is 22.0 Å². The predicted octanol–water partition coefficient (Wildman–Crippen LogP) is 2.59. The number of pyridine rings is 1. The van der Waals surface area contributed by atoms with Gasteiger partial charge in [0.25, 0.3) is 0 Å². The van der Waals surface area contributed by atoms with E-state index in [1.807, 2.05) is 66.9 Å². The first-order valence-corrected chi connectivity index (χ1v) is 9.71. The fraction of sp³-hybridized carbons (Fsp3) is 0.263. The molecule has 1 unspecified atom stereocenters. The molecule has 2 amide bonds. The van der Waals surface area contributed by atoms with Crippen molar-refractivity contribution in [1.29, 1.82) is 0 Å². The second-order valence-electron chi connectivity index (χ2n) is 6.18. The fourth-order valence-corrected chi connectivity index (χ4v) is 3.20. The summed E-state index contributed by atoms with van der Waals surface area (Å²) in [6.45, 7) is 3.85. The van der Waals surface area contributed by atoms with Gasteiger partial charge in [-0.2, -0.15) is 0 Å². The molecule has 0 saturated heterocycles. The lowest BCUT2D eigenvalue weighted by Crippen LogP contribution is -2.30. The molecule has 0 fully saturated rings. The Morgan fingerprint density at radius 2 is 1.81 bits per heavy atom. The molecule has 0 bridgehead atoms. The van der Waals surface area contributed by atoms with E-state index in [0.717, 1.165) is 16.9 Å². The Balaban J connectivity index is 1.44. The Morgan fingerprint density at radius 1 is 1.07 bits per heavy atom. The average molecular weight is 383 g/mol. The van der Waals surface area contributed by atoms with Crippen LogP contribution in [0.25, 0.3) is 5.65 Å². The summed E-state index contributed by atoms with van der Waals surface area (Å²) in [6.07, 6.45) is 1.86. The Bertz CT molecular complexity index is 939. The van der Waals surface area contributed by atoms with Gasteiger partial charge in [-0.3, -0.25) is 14.0 Å². The SMILES string of the molecule is Cc1ccc(NC(=O)CSCC(=O)NC(C)c2nnc3ccccn23)cc1. The minimum atomic E-state index is -0.281. The maximum Gasteiger partial charge on any atom is 0.234 e. The van der Waals surface area contributed by atoms with E-state index in [9.17, 15) is 9.59 Å². The number of benzene rings is 1. The Kier molecular flexibility index (Phi) is 6.08. The number of hydrogen-bond donors (Lipinski definition) is 2. The Hall–Kier alpha value is -2.87. The van der Waals surface area contributed by atoms with Crippen LogP contribution in [-0.4, -0.2) is 37.9 Å². The lowest BCUT2D eigenvalue weighted by atomic mass is 10.2. The monoisotopic (exact) mass is 383 g/mol. The Labute approximate surface area is 161 Å². The lowest BCUT2D eigenvalue weighted by Gasteiger charge is -2.12. The molecule has 3 rings (SSSR count). The summed E-state index contributed by atoms with van der Waals surface area (Å²) >= 11 is 1.27. The van der Waals surface area contributed by atoms with E-state index in [2.05, 4.69) is 20.8 Å². The summed E-state index contributed by atoms with van der Waals surface area (Å²) in [5.41, 5.74) is 2.62. The van der Waals surface area contributed by atoms with Crippen LogP contribution in [0.2, 0.25) is 0 Å². The number of amides is 2. The van der Waals surface area contributed by atoms with Gasteiger partial charge in [0.15, 0.2) is 11.5 Å². The highest BCUT2D eigenvalue weighted by atomic mass is 32.2. The number of nitrogens with zero attached hydrogens (tertiary/aromatic N) is 3. The number of fused-ring (bicyclic) bond motifs is 1. The Morgan fingerprint density at radius 3 is 2.59 bits per heavy atom. The number of carbonyl (C=O) groups is 2. The maximum absolute atomic E-state index is 12.1. The minimum absolute atomic E-state index is 0.131. The topological polar surface area (TPSA) is 88.4 Å². The van der Waals surface area contributed by atoms with Crippen LogP contribution in [0.5, 0.6) is 0 Å². The standard InChI is InChI=1S/C19H21N5O2S/c1-13-6-8-15(9-7-13)21-18(26)12-27-11-17(25)20-14(2)19-23-22-16-5-3-4-10-24(16)19/h3-10,14H,11-12H2,1-2H3,(H,20,25)(H,21,26). The highest BCUT2D eigenvalue weighted by molar-refractivity contribution is 8.00. The van der Waals surface area contributed by atoms with Crippen LogP contribution in [0.1, 0.15) is 24.4 Å². The zero-order valence-electron chi connectivity index (χ0n) is 15.2. The molecule has 2 heterocycles. The van der Waals surface area contributed by atoms with Gasteiger partial charge in [-0.1, -0.05) is 23.8 Å². The van der Waals surface area contributed by atoms with Crippen LogP contribution in [0.3, 0.4) is 0 Å². The van der Waals surface area contributed by atoms with Crippen LogP contribution in [0, 0.1) is 6.92 Å². The van der Waals surface area contributed by atoms with Crippen molar-refractivity contribution in [2.45, 2.75) is 19.9 Å². The summed E-state index contributed by atoms with van der Waals surface area (Å²) in [5, 5.41) is 13.9. The van der Waals surface area contributed by atoms with Crippen LogP contribution < -0.4 is 10.6 Å². The van der Waals surface area contributed by atoms with Gasteiger partial charge in [-0.25, -0.2) is 0 Å². The molecule has 1 aromatic carbocycles. The highest BCUT2D eigenvalue weighted by Crippen LogP contribution is 2.13. The van der Waals surface area contributed by atoms with Crippen LogP contribution in [-0.2, 0) is 9.59 Å². The first-order chi connectivity index (χ1) is 13.0. The number of hydrogen-bond acceptors (Lipinski definition) is 5. The van der Waals surface area contributed by atoms with Gasteiger partial charge >= 0.3 is 0 Å². The van der Waals surface area contributed by atoms with Crippen molar-refractivity contribution in [3.05, 3.63) is 60.0 Å². The molecular weight excluding hydrogens is 362 g/mol. The normalized spacial score (nSPS) is 11.9. The van der Waals surface area contributed by atoms with Gasteiger partial charge in [0.1, 0.15) is 0 Å². The molecule has 0 radical (unpaired) electrons. The van der Waals surface area contributed by atoms with Gasteiger partial charge < -0.3 is 10.6 Å². The maximum atomic E-state index is 12.1. The molecule has 27 heavy (non-hydrogen) atoms. The van der Waals surface area contributed by atoms with Crippen molar-refractivity contribution in [1.82, 2.24) is 19.9 Å². The summed E-state index contributed by atoms with van der Waals surface area (Å²) in [4.78, 5) is 24.1. The highest BCUT2D eigenvalue weighted by Gasteiger charge is 2.16. The van der Waals surface area contributed by atoms with E-state index in [1.165, 1.54) is 11.8 Å². The zero-order chi connectivity index (χ0) is 19.2. The summed E-state index contributed by atoms with van der Waals surface area (Å²) in [5.74, 6) is 0.795. The molecule has 1 atom stereocenters. The van der Waals surface area contributed by atoms with Crippen molar-refractivity contribution in [2.75, 3.05) is 16.8 Å². The number of rotatable bonds is 7. The molecule has 3 aromatic rings. The number of thioether (sulfide) groups is 1. The van der Waals surface area contributed by atoms with E-state index in [1.54, 1.807) is 0 Å². The van der Waals surface area contributed by atoms with Gasteiger partial charge in [0.05, 0.1) is 17.5 Å². The molecular formula is C19H21N5O2S. The molecule has 8 heteroatoms. The number of aromatic nitrogens is 3. The van der Waals surface area contributed by atoms with Crippen molar-refractivity contribution < 1.29 is 9.59 Å². The van der Waals surface area contributed by atoms with Crippen molar-refractivity contribution in [3.8, 4) is 0 Å². The van der Waals surface area contributed by atoms with E-state index < -0.39 is 0 Å². The van der Waals surface area contributed by atoms with Crippen LogP contribution >= 0.6 is 11.8 Å². The third-order valence-corrected chi connectivity index (χ3v) is 4.84. The second kappa shape index (κ2) is 8.68. The number of carbonyl (C=O) groups excluding carboxylic acids is 2. The average Bonchev–Trinajstić information content (AvgIpc) is 3.08. The summed E-state index contributed by atoms with van der Waals surface area (Å²) in [6, 6.07) is 12.9. The van der Waals surface area contributed by atoms with Gasteiger partial charge in [0, 0.05) is 11.9 Å². The molecule has 2 N–H and O–H groups in total. The van der Waals surface area contributed by atoms with Crippen molar-refractivity contribution in [2.24, 2.45) is 0 Å². The van der Waals surface area contributed by atoms with E-state index >= 15 is 0 Å². The largest absolute Gasteiger partial charge is 0.346 e. The number of anilines is 1. The van der Waals surface area contributed by atoms with E-state index in [4.69, 9.17) is 0 Å². The molecule has 0 aliphatic heterocycles. The molecule has 140 valence electrons. The first kappa shape index (κ1) is 18.9. The molecule has 7 nitrogen and oxygen atoms in total. The minimum Gasteiger partial charge on any atom is -0.346 e. The lowest BCUT2D eigenvalue weighted by molar-refractivity contribution is -0.119. The third kappa shape index (κ3) is 5.07. The molecule has 0 aliphatic rings. The quantitative estimate of drug-likeness (QED) is 0.655. The van der Waals surface area contributed by atoms with Crippen LogP contribution in [0.4, 0.5) is 5.69 Å². The summed E-state index contributed by atoms with van der Waals surface area (Å²) < 4.78 is 1.84. The van der Waals surface area contributed by atoms with Crippen LogP contribution in [0.15, 0.2) is 48.7 Å². The van der Waals surface area contributed by atoms with E-state index in [-0.39, 0.29) is 29.4 Å². The first-order valence-electron chi connectivity index (χ1n) is 8.56. The third-order valence-electron chi connectivity index (χ3n) is 3.91. The molecule has 0 aliphatic carbocycles. The van der Waals surface area contributed by atoms with Crippen molar-refractivity contribution in [3.63, 3.8) is 0 Å². The van der Waals surface area contributed by atoms with Crippen molar-refractivity contribution >= 4 is 34.9 Å². The smallest absolute Gasteiger partial charge is 0.234 e. The molecule has 2 aromatic heterocycles. The summed E-state index contributed by atoms with van der Waals surface area (Å²) in [7, 11) is 0. The molecule has 0 saturated carbocycles. The molecule has 0 spiro atoms.